The van der Waals surface area contributed by atoms with Crippen molar-refractivity contribution in [2.75, 3.05) is 18.1 Å². The summed E-state index contributed by atoms with van der Waals surface area (Å²) in [5.74, 6) is -0.116. The first-order valence-corrected chi connectivity index (χ1v) is 10.5. The van der Waals surface area contributed by atoms with E-state index in [1.54, 1.807) is 53.8 Å². The zero-order valence-corrected chi connectivity index (χ0v) is 17.4. The van der Waals surface area contributed by atoms with Gasteiger partial charge in [-0.25, -0.2) is 14.4 Å². The summed E-state index contributed by atoms with van der Waals surface area (Å²) >= 11 is 7.16. The van der Waals surface area contributed by atoms with Crippen LogP contribution in [0.3, 0.4) is 0 Å². The molecular formula is C21H18ClFN4O2S. The third-order valence-electron chi connectivity index (χ3n) is 4.42. The van der Waals surface area contributed by atoms with Crippen LogP contribution in [0.5, 0.6) is 5.75 Å². The molecule has 9 heteroatoms. The van der Waals surface area contributed by atoms with E-state index in [9.17, 15) is 9.18 Å². The first-order chi connectivity index (χ1) is 14.6. The number of halogens is 2. The van der Waals surface area contributed by atoms with Crippen molar-refractivity contribution in [3.63, 3.8) is 0 Å². The van der Waals surface area contributed by atoms with Gasteiger partial charge in [0.2, 0.25) is 0 Å². The smallest absolute Gasteiger partial charge is 0.266 e. The molecule has 6 nitrogen and oxygen atoms in total. The third kappa shape index (κ3) is 4.77. The number of carbonyl (C=O) groups excluding carboxylic acids is 1. The van der Waals surface area contributed by atoms with E-state index in [0.29, 0.717) is 40.1 Å². The molecule has 2 aromatic carbocycles. The first-order valence-electron chi connectivity index (χ1n) is 9.30. The van der Waals surface area contributed by atoms with Crippen LogP contribution >= 0.6 is 22.9 Å². The second kappa shape index (κ2) is 9.23. The molecule has 154 valence electrons. The fraction of sp³-hybridized carbons (Fsp3) is 0.190. The van der Waals surface area contributed by atoms with Crippen molar-refractivity contribution in [1.82, 2.24) is 14.5 Å². The van der Waals surface area contributed by atoms with Crippen LogP contribution in [-0.2, 0) is 11.3 Å². The highest BCUT2D eigenvalue weighted by Crippen LogP contribution is 2.30. The van der Waals surface area contributed by atoms with Crippen LogP contribution in [0.25, 0.3) is 10.2 Å². The highest BCUT2D eigenvalue weighted by molar-refractivity contribution is 7.22. The summed E-state index contributed by atoms with van der Waals surface area (Å²) in [5.41, 5.74) is 0.267. The Bertz CT molecular complexity index is 1130. The summed E-state index contributed by atoms with van der Waals surface area (Å²) in [6, 6.07) is 11.6. The van der Waals surface area contributed by atoms with Crippen molar-refractivity contribution in [2.45, 2.75) is 13.0 Å². The fourth-order valence-electron chi connectivity index (χ4n) is 2.93. The van der Waals surface area contributed by atoms with Crippen LogP contribution in [0.1, 0.15) is 6.42 Å². The van der Waals surface area contributed by atoms with Gasteiger partial charge >= 0.3 is 0 Å². The lowest BCUT2D eigenvalue weighted by Crippen LogP contribution is -2.36. The van der Waals surface area contributed by atoms with E-state index >= 15 is 0 Å². The summed E-state index contributed by atoms with van der Waals surface area (Å²) in [6.45, 7) is 0.953. The van der Waals surface area contributed by atoms with Crippen LogP contribution in [-0.4, -0.2) is 33.6 Å². The van der Waals surface area contributed by atoms with Gasteiger partial charge in [-0.05, 0) is 42.8 Å². The van der Waals surface area contributed by atoms with E-state index in [-0.39, 0.29) is 18.0 Å². The second-order valence-corrected chi connectivity index (χ2v) is 7.97. The van der Waals surface area contributed by atoms with Gasteiger partial charge in [0.15, 0.2) is 11.7 Å². The minimum atomic E-state index is -0.404. The quantitative estimate of drug-likeness (QED) is 0.392. The summed E-state index contributed by atoms with van der Waals surface area (Å²) in [4.78, 5) is 22.9. The maximum atomic E-state index is 14.1. The van der Waals surface area contributed by atoms with Crippen LogP contribution in [0.4, 0.5) is 9.52 Å². The van der Waals surface area contributed by atoms with Crippen molar-refractivity contribution in [2.24, 2.45) is 0 Å². The topological polar surface area (TPSA) is 60.2 Å². The molecule has 0 aliphatic rings. The maximum absolute atomic E-state index is 14.1. The van der Waals surface area contributed by atoms with Gasteiger partial charge in [0.25, 0.3) is 5.91 Å². The molecule has 0 saturated carbocycles. The SMILES string of the molecule is O=C(COc1ccc(Cl)cc1)N(CCCn1ccnc1)c1nc2c(F)cccc2s1. The zero-order chi connectivity index (χ0) is 20.9. The number of para-hydroxylation sites is 1. The molecule has 2 heterocycles. The Labute approximate surface area is 181 Å². The minimum absolute atomic E-state index is 0.162. The molecule has 0 aliphatic heterocycles. The number of ether oxygens (including phenoxy) is 1. The number of nitrogens with zero attached hydrogens (tertiary/aromatic N) is 4. The number of amides is 1. The Morgan fingerprint density at radius 2 is 2.07 bits per heavy atom. The Hall–Kier alpha value is -2.97. The minimum Gasteiger partial charge on any atom is -0.484 e. The number of rotatable bonds is 8. The lowest BCUT2D eigenvalue weighted by molar-refractivity contribution is -0.120. The summed E-state index contributed by atoms with van der Waals surface area (Å²) < 4.78 is 22.3. The monoisotopic (exact) mass is 444 g/mol. The van der Waals surface area contributed by atoms with Gasteiger partial charge in [-0.15, -0.1) is 0 Å². The molecule has 4 aromatic rings. The molecule has 2 aromatic heterocycles. The van der Waals surface area contributed by atoms with Crippen LogP contribution in [0, 0.1) is 5.82 Å². The number of aromatic nitrogens is 3. The molecule has 0 saturated heterocycles. The number of fused-ring (bicyclic) bond motifs is 1. The van der Waals surface area contributed by atoms with Gasteiger partial charge in [-0.1, -0.05) is 29.0 Å². The van der Waals surface area contributed by atoms with E-state index in [1.165, 1.54) is 17.4 Å². The number of anilines is 1. The highest BCUT2D eigenvalue weighted by Gasteiger charge is 2.21. The number of hydrogen-bond donors (Lipinski definition) is 0. The molecule has 0 aliphatic carbocycles. The Balaban J connectivity index is 1.51. The molecule has 0 fully saturated rings. The predicted molar refractivity (Wildman–Crippen MR) is 116 cm³/mol. The van der Waals surface area contributed by atoms with E-state index in [2.05, 4.69) is 9.97 Å². The molecule has 0 unspecified atom stereocenters. The number of benzene rings is 2. The van der Waals surface area contributed by atoms with E-state index in [0.717, 1.165) is 0 Å². The molecule has 0 spiro atoms. The standard InChI is InChI=1S/C21H18ClFN4O2S/c22-15-5-7-16(8-6-15)29-13-19(28)27(11-2-10-26-12-9-24-14-26)21-25-20-17(23)3-1-4-18(20)30-21/h1,3-9,12,14H,2,10-11,13H2. The lowest BCUT2D eigenvalue weighted by Gasteiger charge is -2.20. The summed E-state index contributed by atoms with van der Waals surface area (Å²) in [5, 5.41) is 1.04. The van der Waals surface area contributed by atoms with Gasteiger partial charge in [0.05, 0.1) is 11.0 Å². The van der Waals surface area contributed by atoms with Gasteiger partial charge < -0.3 is 9.30 Å². The number of thiazole rings is 1. The molecule has 0 radical (unpaired) electrons. The van der Waals surface area contributed by atoms with Gasteiger partial charge in [-0.2, -0.15) is 0 Å². The van der Waals surface area contributed by atoms with Crippen molar-refractivity contribution in [3.8, 4) is 5.75 Å². The Morgan fingerprint density at radius 3 is 2.80 bits per heavy atom. The summed E-state index contributed by atoms with van der Waals surface area (Å²) in [6.07, 6.45) is 5.98. The van der Waals surface area contributed by atoms with Crippen molar-refractivity contribution in [1.29, 1.82) is 0 Å². The number of aryl methyl sites for hydroxylation is 1. The van der Waals surface area contributed by atoms with E-state index in [4.69, 9.17) is 16.3 Å². The predicted octanol–water partition coefficient (Wildman–Crippen LogP) is 4.79. The molecule has 0 bridgehead atoms. The molecule has 0 atom stereocenters. The molecule has 4 rings (SSSR count). The molecule has 1 amide bonds. The summed E-state index contributed by atoms with van der Waals surface area (Å²) in [7, 11) is 0. The molecule has 0 N–H and O–H groups in total. The van der Waals surface area contributed by atoms with Crippen LogP contribution in [0.2, 0.25) is 5.02 Å². The lowest BCUT2D eigenvalue weighted by atomic mass is 10.3. The first kappa shape index (κ1) is 20.3. The van der Waals surface area contributed by atoms with Gasteiger partial charge in [0, 0.05) is 30.5 Å². The normalized spacial score (nSPS) is 11.0. The van der Waals surface area contributed by atoms with E-state index < -0.39 is 5.82 Å². The van der Waals surface area contributed by atoms with Crippen LogP contribution < -0.4 is 9.64 Å². The Morgan fingerprint density at radius 1 is 1.23 bits per heavy atom. The largest absolute Gasteiger partial charge is 0.484 e. The number of imidazole rings is 1. The van der Waals surface area contributed by atoms with Crippen molar-refractivity contribution in [3.05, 3.63) is 72.0 Å². The van der Waals surface area contributed by atoms with E-state index in [1.807, 2.05) is 10.8 Å². The van der Waals surface area contributed by atoms with Crippen molar-refractivity contribution < 1.29 is 13.9 Å². The molecular weight excluding hydrogens is 427 g/mol. The van der Waals surface area contributed by atoms with Crippen LogP contribution in [0.15, 0.2) is 61.2 Å². The fourth-order valence-corrected chi connectivity index (χ4v) is 4.08. The van der Waals surface area contributed by atoms with Gasteiger partial charge in [0.1, 0.15) is 17.1 Å². The number of carbonyl (C=O) groups is 1. The second-order valence-electron chi connectivity index (χ2n) is 6.53. The Kier molecular flexibility index (Phi) is 6.25. The average molecular weight is 445 g/mol. The number of hydrogen-bond acceptors (Lipinski definition) is 5. The highest BCUT2D eigenvalue weighted by atomic mass is 35.5. The average Bonchev–Trinajstić information content (AvgIpc) is 3.41. The zero-order valence-electron chi connectivity index (χ0n) is 15.9. The molecule has 30 heavy (non-hydrogen) atoms. The maximum Gasteiger partial charge on any atom is 0.266 e. The van der Waals surface area contributed by atoms with Crippen molar-refractivity contribution >= 4 is 44.2 Å². The third-order valence-corrected chi connectivity index (χ3v) is 5.72. The van der Waals surface area contributed by atoms with Gasteiger partial charge in [-0.3, -0.25) is 9.69 Å².